The number of carbonyl (C=O) groups excluding carboxylic acids is 1. The van der Waals surface area contributed by atoms with Gasteiger partial charge in [0, 0.05) is 15.8 Å². The average Bonchev–Trinajstić information content (AvgIpc) is 3.44. The van der Waals surface area contributed by atoms with Crippen LogP contribution in [-0.2, 0) is 6.54 Å². The fourth-order valence-corrected chi connectivity index (χ4v) is 4.05. The van der Waals surface area contributed by atoms with Crippen molar-refractivity contribution in [3.05, 3.63) is 74.4 Å². The summed E-state index contributed by atoms with van der Waals surface area (Å²) in [4.78, 5) is 14.0. The zero-order valence-corrected chi connectivity index (χ0v) is 15.0. The number of amides is 1. The number of aliphatic hydroxyl groups is 1. The van der Waals surface area contributed by atoms with Gasteiger partial charge in [0.05, 0.1) is 12.8 Å². The Hall–Kier alpha value is -2.68. The van der Waals surface area contributed by atoms with E-state index in [1.54, 1.807) is 23.5 Å². The Morgan fingerprint density at radius 3 is 2.96 bits per heavy atom. The number of furan rings is 1. The molecule has 4 heterocycles. The van der Waals surface area contributed by atoms with E-state index in [0.717, 1.165) is 15.3 Å². The molecule has 4 rings (SSSR count). The summed E-state index contributed by atoms with van der Waals surface area (Å²) in [5.74, 6) is 0.583. The molecular formula is C18H14N2O4S2. The molecule has 4 aromatic heterocycles. The lowest BCUT2D eigenvalue weighted by molar-refractivity contribution is 0.0942. The summed E-state index contributed by atoms with van der Waals surface area (Å²) in [6, 6.07) is 10.7. The largest absolute Gasteiger partial charge is 0.461 e. The molecule has 8 heteroatoms. The van der Waals surface area contributed by atoms with Crippen LogP contribution in [0.15, 0.2) is 62.4 Å². The molecule has 0 aliphatic heterocycles. The lowest BCUT2D eigenvalue weighted by Gasteiger charge is -2.05. The average molecular weight is 386 g/mol. The van der Waals surface area contributed by atoms with Crippen molar-refractivity contribution < 1.29 is 18.8 Å². The van der Waals surface area contributed by atoms with E-state index in [1.165, 1.54) is 23.7 Å². The molecule has 0 fully saturated rings. The first-order valence-corrected chi connectivity index (χ1v) is 9.54. The van der Waals surface area contributed by atoms with Crippen LogP contribution in [0.5, 0.6) is 0 Å². The highest BCUT2D eigenvalue weighted by Gasteiger charge is 2.16. The van der Waals surface area contributed by atoms with Gasteiger partial charge in [0.1, 0.15) is 6.10 Å². The highest BCUT2D eigenvalue weighted by atomic mass is 32.1. The lowest BCUT2D eigenvalue weighted by atomic mass is 10.2. The van der Waals surface area contributed by atoms with Crippen LogP contribution in [0.25, 0.3) is 11.5 Å². The van der Waals surface area contributed by atoms with Gasteiger partial charge in [0.2, 0.25) is 5.76 Å². The van der Waals surface area contributed by atoms with Gasteiger partial charge < -0.3 is 19.4 Å². The van der Waals surface area contributed by atoms with E-state index in [2.05, 4.69) is 10.5 Å². The van der Waals surface area contributed by atoms with Gasteiger partial charge in [0.15, 0.2) is 11.5 Å². The van der Waals surface area contributed by atoms with Gasteiger partial charge in [-0.05, 0) is 46.7 Å². The Morgan fingerprint density at radius 2 is 2.19 bits per heavy atom. The smallest absolute Gasteiger partial charge is 0.273 e. The molecule has 0 aliphatic carbocycles. The van der Waals surface area contributed by atoms with Gasteiger partial charge in [-0.25, -0.2) is 0 Å². The molecule has 0 aromatic carbocycles. The monoisotopic (exact) mass is 386 g/mol. The van der Waals surface area contributed by atoms with Crippen molar-refractivity contribution >= 4 is 28.6 Å². The summed E-state index contributed by atoms with van der Waals surface area (Å²) in [5, 5.41) is 20.8. The van der Waals surface area contributed by atoms with Crippen LogP contribution < -0.4 is 5.32 Å². The third kappa shape index (κ3) is 3.48. The van der Waals surface area contributed by atoms with E-state index >= 15 is 0 Å². The van der Waals surface area contributed by atoms with Crippen molar-refractivity contribution in [1.82, 2.24) is 10.5 Å². The first-order chi connectivity index (χ1) is 12.7. The fourth-order valence-electron chi connectivity index (χ4n) is 2.41. The highest BCUT2D eigenvalue weighted by Crippen LogP contribution is 2.29. The zero-order valence-electron chi connectivity index (χ0n) is 13.4. The number of rotatable bonds is 6. The first kappa shape index (κ1) is 16.8. The number of hydrogen-bond acceptors (Lipinski definition) is 7. The predicted octanol–water partition coefficient (Wildman–Crippen LogP) is 4.07. The second-order valence-electron chi connectivity index (χ2n) is 5.50. The third-order valence-electron chi connectivity index (χ3n) is 3.74. The van der Waals surface area contributed by atoms with Crippen LogP contribution in [0.1, 0.15) is 31.9 Å². The van der Waals surface area contributed by atoms with E-state index in [4.69, 9.17) is 8.94 Å². The van der Waals surface area contributed by atoms with Crippen molar-refractivity contribution in [3.8, 4) is 11.5 Å². The number of aliphatic hydroxyl groups excluding tert-OH is 1. The van der Waals surface area contributed by atoms with Crippen molar-refractivity contribution in [1.29, 1.82) is 0 Å². The number of thiophene rings is 2. The Bertz CT molecular complexity index is 986. The maximum absolute atomic E-state index is 12.2. The molecule has 1 unspecified atom stereocenters. The molecule has 1 atom stereocenters. The molecule has 0 saturated heterocycles. The predicted molar refractivity (Wildman–Crippen MR) is 98.1 cm³/mol. The molecule has 132 valence electrons. The summed E-state index contributed by atoms with van der Waals surface area (Å²) < 4.78 is 10.3. The van der Waals surface area contributed by atoms with Crippen LogP contribution in [0.2, 0.25) is 0 Å². The molecule has 2 N–H and O–H groups in total. The minimum absolute atomic E-state index is 0.187. The van der Waals surface area contributed by atoms with Gasteiger partial charge in [-0.1, -0.05) is 5.16 Å². The second kappa shape index (κ2) is 7.28. The van der Waals surface area contributed by atoms with Crippen molar-refractivity contribution in [2.24, 2.45) is 0 Å². The SMILES string of the molecule is O=C(NCc1ccc(C(O)c2ccsc2)s1)c1cc(-c2ccco2)on1. The lowest BCUT2D eigenvalue weighted by Crippen LogP contribution is -2.22. The standard InChI is InChI=1S/C18H14N2O4S2/c21-17(11-5-7-25-10-11)16-4-3-12(26-16)9-19-18(22)13-8-15(24-20-13)14-2-1-6-23-14/h1-8,10,17,21H,9H2,(H,19,22). The van der Waals surface area contributed by atoms with Gasteiger partial charge in [-0.15, -0.1) is 11.3 Å². The quantitative estimate of drug-likeness (QED) is 0.521. The molecule has 1 amide bonds. The maximum atomic E-state index is 12.2. The minimum atomic E-state index is -0.637. The summed E-state index contributed by atoms with van der Waals surface area (Å²) in [7, 11) is 0. The van der Waals surface area contributed by atoms with Crippen LogP contribution in [0.4, 0.5) is 0 Å². The Balaban J connectivity index is 1.38. The van der Waals surface area contributed by atoms with Crippen LogP contribution in [0.3, 0.4) is 0 Å². The second-order valence-corrected chi connectivity index (χ2v) is 7.48. The molecular weight excluding hydrogens is 372 g/mol. The highest BCUT2D eigenvalue weighted by molar-refractivity contribution is 7.12. The molecule has 0 spiro atoms. The van der Waals surface area contributed by atoms with E-state index in [-0.39, 0.29) is 11.6 Å². The number of nitrogens with one attached hydrogen (secondary N) is 1. The number of carbonyl (C=O) groups is 1. The molecule has 0 saturated carbocycles. The fraction of sp³-hybridized carbons (Fsp3) is 0.111. The summed E-state index contributed by atoms with van der Waals surface area (Å²) in [6.45, 7) is 0.350. The van der Waals surface area contributed by atoms with Gasteiger partial charge in [-0.3, -0.25) is 4.79 Å². The van der Waals surface area contributed by atoms with Gasteiger partial charge in [0.25, 0.3) is 5.91 Å². The van der Waals surface area contributed by atoms with E-state index in [1.807, 2.05) is 29.0 Å². The zero-order chi connectivity index (χ0) is 17.9. The molecule has 0 bridgehead atoms. The number of nitrogens with zero attached hydrogens (tertiary/aromatic N) is 1. The van der Waals surface area contributed by atoms with E-state index in [9.17, 15) is 9.90 Å². The van der Waals surface area contributed by atoms with Crippen molar-refractivity contribution in [2.45, 2.75) is 12.6 Å². The van der Waals surface area contributed by atoms with E-state index in [0.29, 0.717) is 18.1 Å². The third-order valence-corrected chi connectivity index (χ3v) is 5.58. The maximum Gasteiger partial charge on any atom is 0.273 e. The van der Waals surface area contributed by atoms with Gasteiger partial charge >= 0.3 is 0 Å². The Labute approximate surface area is 156 Å². The molecule has 6 nitrogen and oxygen atoms in total. The molecule has 4 aromatic rings. The summed E-state index contributed by atoms with van der Waals surface area (Å²) in [5.41, 5.74) is 1.06. The Morgan fingerprint density at radius 1 is 1.27 bits per heavy atom. The summed E-state index contributed by atoms with van der Waals surface area (Å²) in [6.07, 6.45) is 0.887. The first-order valence-electron chi connectivity index (χ1n) is 7.78. The molecule has 26 heavy (non-hydrogen) atoms. The number of aromatic nitrogens is 1. The van der Waals surface area contributed by atoms with Crippen molar-refractivity contribution in [3.63, 3.8) is 0 Å². The number of hydrogen-bond donors (Lipinski definition) is 2. The topological polar surface area (TPSA) is 88.5 Å². The summed E-state index contributed by atoms with van der Waals surface area (Å²) >= 11 is 3.01. The van der Waals surface area contributed by atoms with Gasteiger partial charge in [-0.2, -0.15) is 11.3 Å². The normalized spacial score (nSPS) is 12.2. The Kier molecular flexibility index (Phi) is 4.70. The van der Waals surface area contributed by atoms with Crippen LogP contribution >= 0.6 is 22.7 Å². The molecule has 0 radical (unpaired) electrons. The van der Waals surface area contributed by atoms with Crippen LogP contribution in [0, 0.1) is 0 Å². The van der Waals surface area contributed by atoms with Crippen molar-refractivity contribution in [2.75, 3.05) is 0 Å². The molecule has 0 aliphatic rings. The van der Waals surface area contributed by atoms with E-state index < -0.39 is 6.10 Å². The minimum Gasteiger partial charge on any atom is -0.461 e. The van der Waals surface area contributed by atoms with Crippen LogP contribution in [-0.4, -0.2) is 16.2 Å².